The molecule has 35 heavy (non-hydrogen) atoms. The maximum absolute atomic E-state index is 13.1. The van der Waals surface area contributed by atoms with Gasteiger partial charge >= 0.3 is 11.2 Å². The summed E-state index contributed by atoms with van der Waals surface area (Å²) in [6.07, 6.45) is 1.50. The van der Waals surface area contributed by atoms with Gasteiger partial charge in [-0.3, -0.25) is 4.57 Å². The number of imidazole rings is 1. The molecule has 182 valence electrons. The van der Waals surface area contributed by atoms with Crippen molar-refractivity contribution in [2.24, 2.45) is 0 Å². The molecule has 0 bridgehead atoms. The summed E-state index contributed by atoms with van der Waals surface area (Å²) in [5, 5.41) is 10.5. The normalized spacial score (nSPS) is 12.0. The van der Waals surface area contributed by atoms with Gasteiger partial charge in [-0.1, -0.05) is 18.2 Å². The number of ether oxygens (including phenoxy) is 1. The van der Waals surface area contributed by atoms with Crippen molar-refractivity contribution >= 4 is 9.84 Å². The Bertz CT molecular complexity index is 1530. The minimum absolute atomic E-state index is 0.00157. The summed E-state index contributed by atoms with van der Waals surface area (Å²) in [5.41, 5.74) is -5.29. The Hall–Kier alpha value is -4.06. The second kappa shape index (κ2) is 8.95. The van der Waals surface area contributed by atoms with E-state index < -0.39 is 31.8 Å². The number of benzene rings is 2. The summed E-state index contributed by atoms with van der Waals surface area (Å²) in [7, 11) is -5.54. The second-order valence-corrected chi connectivity index (χ2v) is 9.41. The average molecular weight is 505 g/mol. The first kappa shape index (κ1) is 24.1. The van der Waals surface area contributed by atoms with Gasteiger partial charge in [-0.25, -0.2) is 22.8 Å². The second-order valence-electron chi connectivity index (χ2n) is 7.47. The zero-order chi connectivity index (χ0) is 25.4. The van der Waals surface area contributed by atoms with E-state index in [1.807, 2.05) is 6.07 Å². The summed E-state index contributed by atoms with van der Waals surface area (Å²) in [5.74, 6) is 0.436. The fourth-order valence-electron chi connectivity index (χ4n) is 3.36. The first-order valence-corrected chi connectivity index (χ1v) is 11.6. The van der Waals surface area contributed by atoms with Crippen molar-refractivity contribution in [1.82, 2.24) is 14.1 Å². The fraction of sp³-hybridized carbons (Fsp3) is 0.130. The minimum atomic E-state index is -5.54. The molecule has 1 N–H and O–H groups in total. The zero-order valence-electron chi connectivity index (χ0n) is 18.1. The van der Waals surface area contributed by atoms with Gasteiger partial charge in [-0.15, -0.1) is 0 Å². The number of aromatic nitrogens is 3. The highest BCUT2D eigenvalue weighted by atomic mass is 32.2. The molecule has 2 heterocycles. The van der Waals surface area contributed by atoms with E-state index in [0.29, 0.717) is 17.2 Å². The molecule has 8 nitrogen and oxygen atoms in total. The zero-order valence-corrected chi connectivity index (χ0v) is 18.9. The van der Waals surface area contributed by atoms with Crippen LogP contribution in [0.3, 0.4) is 0 Å². The van der Waals surface area contributed by atoms with Gasteiger partial charge in [0.2, 0.25) is 11.8 Å². The van der Waals surface area contributed by atoms with Gasteiger partial charge in [0.15, 0.2) is 0 Å². The number of pyridine rings is 1. The number of hydrogen-bond donors (Lipinski definition) is 1. The lowest BCUT2D eigenvalue weighted by Gasteiger charge is -2.09. The third kappa shape index (κ3) is 4.64. The van der Waals surface area contributed by atoms with Gasteiger partial charge in [0.05, 0.1) is 22.8 Å². The monoisotopic (exact) mass is 505 g/mol. The predicted octanol–water partition coefficient (Wildman–Crippen LogP) is 4.18. The molecule has 2 aromatic carbocycles. The lowest BCUT2D eigenvalue weighted by atomic mass is 10.2. The lowest BCUT2D eigenvalue weighted by Crippen LogP contribution is -2.25. The number of aromatic hydroxyl groups is 1. The van der Waals surface area contributed by atoms with Crippen LogP contribution in [0.4, 0.5) is 13.2 Å². The van der Waals surface area contributed by atoms with Crippen LogP contribution < -0.4 is 10.4 Å². The van der Waals surface area contributed by atoms with E-state index in [2.05, 4.69) is 4.98 Å². The molecule has 0 saturated carbocycles. The molecule has 0 amide bonds. The van der Waals surface area contributed by atoms with Crippen molar-refractivity contribution < 1.29 is 31.4 Å². The van der Waals surface area contributed by atoms with Crippen LogP contribution in [0.5, 0.6) is 17.5 Å². The molecule has 0 spiro atoms. The third-order valence-corrected chi connectivity index (χ3v) is 6.68. The molecule has 4 rings (SSSR count). The summed E-state index contributed by atoms with van der Waals surface area (Å²) in [4.78, 5) is 16.2. The molecule has 0 fully saturated rings. The molecule has 4 aromatic rings. The highest BCUT2D eigenvalue weighted by molar-refractivity contribution is 7.92. The van der Waals surface area contributed by atoms with Crippen molar-refractivity contribution in [3.05, 3.63) is 94.7 Å². The molecular weight excluding hydrogens is 487 g/mol. The van der Waals surface area contributed by atoms with Crippen LogP contribution in [0.25, 0.3) is 5.69 Å². The van der Waals surface area contributed by atoms with Crippen LogP contribution >= 0.6 is 0 Å². The molecule has 0 saturated heterocycles. The van der Waals surface area contributed by atoms with Crippen LogP contribution in [0.1, 0.15) is 11.3 Å². The maximum Gasteiger partial charge on any atom is 0.501 e. The first-order chi connectivity index (χ1) is 16.5. The largest absolute Gasteiger partial charge is 0.501 e. The van der Waals surface area contributed by atoms with Crippen molar-refractivity contribution in [3.63, 3.8) is 0 Å². The van der Waals surface area contributed by atoms with Crippen molar-refractivity contribution in [2.45, 2.75) is 23.9 Å². The number of halogens is 3. The number of hydrogen-bond acceptors (Lipinski definition) is 6. The smallest absolute Gasteiger partial charge is 0.493 e. The number of alkyl halides is 3. The van der Waals surface area contributed by atoms with E-state index in [0.717, 1.165) is 28.8 Å². The van der Waals surface area contributed by atoms with Crippen LogP contribution in [-0.2, 0) is 16.4 Å². The molecule has 0 aliphatic heterocycles. The predicted molar refractivity (Wildman–Crippen MR) is 120 cm³/mol. The van der Waals surface area contributed by atoms with E-state index in [-0.39, 0.29) is 17.9 Å². The Morgan fingerprint density at radius 2 is 1.69 bits per heavy atom. The summed E-state index contributed by atoms with van der Waals surface area (Å²) < 4.78 is 69.3. The number of nitrogens with zero attached hydrogens (tertiary/aromatic N) is 3. The Morgan fingerprint density at radius 3 is 2.31 bits per heavy atom. The van der Waals surface area contributed by atoms with Gasteiger partial charge in [-0.05, 0) is 55.0 Å². The molecular formula is C23H18F3N3O5S. The third-order valence-electron chi connectivity index (χ3n) is 5.18. The van der Waals surface area contributed by atoms with Gasteiger partial charge < -0.3 is 9.84 Å². The number of sulfone groups is 1. The molecule has 0 radical (unpaired) electrons. The quantitative estimate of drug-likeness (QED) is 0.422. The van der Waals surface area contributed by atoms with E-state index in [9.17, 15) is 31.5 Å². The van der Waals surface area contributed by atoms with Gasteiger partial charge in [0, 0.05) is 12.3 Å². The number of para-hydroxylation sites is 1. The van der Waals surface area contributed by atoms with E-state index in [1.165, 1.54) is 17.7 Å². The molecule has 0 aliphatic rings. The van der Waals surface area contributed by atoms with Gasteiger partial charge in [0.1, 0.15) is 5.75 Å². The van der Waals surface area contributed by atoms with E-state index >= 15 is 0 Å². The molecule has 0 aliphatic carbocycles. The Morgan fingerprint density at radius 1 is 1.03 bits per heavy atom. The van der Waals surface area contributed by atoms with Crippen molar-refractivity contribution in [1.29, 1.82) is 0 Å². The van der Waals surface area contributed by atoms with Crippen molar-refractivity contribution in [2.75, 3.05) is 0 Å². The summed E-state index contributed by atoms with van der Waals surface area (Å²) in [6.45, 7) is 1.54. The van der Waals surface area contributed by atoms with Crippen LogP contribution in [0.15, 0.2) is 82.6 Å². The highest BCUT2D eigenvalue weighted by Gasteiger charge is 2.46. The molecule has 0 atom stereocenters. The number of rotatable bonds is 6. The van der Waals surface area contributed by atoms with Gasteiger partial charge in [0.25, 0.3) is 9.84 Å². The molecule has 0 unspecified atom stereocenters. The SMILES string of the molecule is Cc1c(O)n(-c2ccc(S(=O)(=O)C(F)(F)F)cc2)c(=O)n1Cc1ccnc(Oc2ccccc2)c1. The van der Waals surface area contributed by atoms with Crippen molar-refractivity contribution in [3.8, 4) is 23.2 Å². The average Bonchev–Trinajstić information content (AvgIpc) is 3.02. The Balaban J connectivity index is 1.64. The maximum atomic E-state index is 13.1. The lowest BCUT2D eigenvalue weighted by molar-refractivity contribution is -0.0436. The standard InChI is InChI=1S/C23H18F3N3O5S/c1-15-21(30)29(17-7-9-19(10-8-17)35(32,33)23(24,25)26)22(31)28(15)14-16-11-12-27-20(13-16)34-18-5-3-2-4-6-18/h2-13,30H,14H2,1H3. The first-order valence-electron chi connectivity index (χ1n) is 10.1. The fourth-order valence-corrected chi connectivity index (χ4v) is 4.12. The summed E-state index contributed by atoms with van der Waals surface area (Å²) >= 11 is 0. The van der Waals surface area contributed by atoms with E-state index in [4.69, 9.17) is 4.74 Å². The topological polar surface area (TPSA) is 103 Å². The van der Waals surface area contributed by atoms with Crippen LogP contribution in [0, 0.1) is 6.92 Å². The molecule has 2 aromatic heterocycles. The minimum Gasteiger partial charge on any atom is -0.493 e. The summed E-state index contributed by atoms with van der Waals surface area (Å²) in [6, 6.07) is 15.7. The molecule has 12 heteroatoms. The van der Waals surface area contributed by atoms with Gasteiger partial charge in [-0.2, -0.15) is 13.2 Å². The van der Waals surface area contributed by atoms with E-state index in [1.54, 1.807) is 36.4 Å². The van der Waals surface area contributed by atoms with Crippen LogP contribution in [0.2, 0.25) is 0 Å². The highest BCUT2D eigenvalue weighted by Crippen LogP contribution is 2.31. The van der Waals surface area contributed by atoms with Crippen LogP contribution in [-0.4, -0.2) is 33.2 Å². The Labute approximate surface area is 197 Å². The Kier molecular flexibility index (Phi) is 6.15.